The fourth-order valence-corrected chi connectivity index (χ4v) is 3.10. The van der Waals surface area contributed by atoms with Crippen molar-refractivity contribution in [1.29, 1.82) is 0 Å². The van der Waals surface area contributed by atoms with E-state index in [1.165, 1.54) is 0 Å². The van der Waals surface area contributed by atoms with E-state index in [0.29, 0.717) is 29.3 Å². The van der Waals surface area contributed by atoms with Crippen molar-refractivity contribution in [1.82, 2.24) is 5.32 Å². The maximum Gasteiger partial charge on any atom is 0.291 e. The minimum Gasteiger partial charge on any atom is -0.486 e. The molecule has 0 unspecified atom stereocenters. The lowest BCUT2D eigenvalue weighted by Gasteiger charge is -2.11. The molecular formula is C26H22N2O4. The van der Waals surface area contributed by atoms with Gasteiger partial charge < -0.3 is 19.8 Å². The van der Waals surface area contributed by atoms with Gasteiger partial charge in [-0.05, 0) is 42.0 Å². The molecule has 0 atom stereocenters. The van der Waals surface area contributed by atoms with E-state index in [-0.39, 0.29) is 18.3 Å². The second-order valence-electron chi connectivity index (χ2n) is 7.04. The highest BCUT2D eigenvalue weighted by Crippen LogP contribution is 2.18. The number of rotatable bonds is 8. The molecule has 2 amide bonds. The molecule has 0 saturated heterocycles. The summed E-state index contributed by atoms with van der Waals surface area (Å²) in [5.41, 5.74) is 1.76. The third kappa shape index (κ3) is 5.43. The number of hydrogen-bond acceptors (Lipinski definition) is 4. The summed E-state index contributed by atoms with van der Waals surface area (Å²) in [6, 6.07) is 29.1. The van der Waals surface area contributed by atoms with E-state index in [1.807, 2.05) is 60.7 Å². The molecule has 0 saturated carbocycles. The first-order valence-electron chi connectivity index (χ1n) is 10.2. The Hall–Kier alpha value is -4.32. The third-order valence-electron chi connectivity index (χ3n) is 4.73. The van der Waals surface area contributed by atoms with Gasteiger partial charge in [-0.15, -0.1) is 0 Å². The lowest BCUT2D eigenvalue weighted by atomic mass is 10.1. The lowest BCUT2D eigenvalue weighted by molar-refractivity contribution is 0.0951. The Morgan fingerprint density at radius 2 is 1.44 bits per heavy atom. The Morgan fingerprint density at radius 3 is 2.22 bits per heavy atom. The van der Waals surface area contributed by atoms with Crippen LogP contribution in [0.25, 0.3) is 0 Å². The molecule has 6 heteroatoms. The van der Waals surface area contributed by atoms with Crippen molar-refractivity contribution < 1.29 is 18.7 Å². The van der Waals surface area contributed by atoms with E-state index in [9.17, 15) is 9.59 Å². The Balaban J connectivity index is 1.38. The van der Waals surface area contributed by atoms with Gasteiger partial charge in [-0.25, -0.2) is 0 Å². The summed E-state index contributed by atoms with van der Waals surface area (Å²) in [5.74, 6) is 0.648. The standard InChI is InChI=1S/C26H22N2O4/c29-25(27-17-19-9-3-1-4-10-19)22-13-7-8-14-23(22)28-26(30)24-16-15-21(32-24)18-31-20-11-5-2-6-12-20/h1-16H,17-18H2,(H,27,29)(H,28,30). The van der Waals surface area contributed by atoms with E-state index in [4.69, 9.17) is 9.15 Å². The second kappa shape index (κ2) is 10.1. The lowest BCUT2D eigenvalue weighted by Crippen LogP contribution is -2.24. The molecule has 2 N–H and O–H groups in total. The van der Waals surface area contributed by atoms with Crippen LogP contribution in [0.5, 0.6) is 5.75 Å². The van der Waals surface area contributed by atoms with Crippen molar-refractivity contribution in [2.45, 2.75) is 13.2 Å². The summed E-state index contributed by atoms with van der Waals surface area (Å²) in [6.45, 7) is 0.598. The normalized spacial score (nSPS) is 10.4. The Bertz CT molecular complexity index is 1190. The van der Waals surface area contributed by atoms with Gasteiger partial charge in [-0.3, -0.25) is 9.59 Å². The van der Waals surface area contributed by atoms with Crippen LogP contribution in [0, 0.1) is 0 Å². The fraction of sp³-hybridized carbons (Fsp3) is 0.0769. The van der Waals surface area contributed by atoms with E-state index in [2.05, 4.69) is 10.6 Å². The highest BCUT2D eigenvalue weighted by molar-refractivity contribution is 6.07. The number of para-hydroxylation sites is 2. The molecule has 0 fully saturated rings. The predicted octanol–water partition coefficient (Wildman–Crippen LogP) is 5.04. The summed E-state index contributed by atoms with van der Waals surface area (Å²) in [4.78, 5) is 25.4. The molecule has 0 aliphatic rings. The third-order valence-corrected chi connectivity index (χ3v) is 4.73. The molecule has 3 aromatic carbocycles. The van der Waals surface area contributed by atoms with Gasteiger partial charge >= 0.3 is 0 Å². The number of furan rings is 1. The fourth-order valence-electron chi connectivity index (χ4n) is 3.10. The van der Waals surface area contributed by atoms with E-state index < -0.39 is 5.91 Å². The largest absolute Gasteiger partial charge is 0.486 e. The second-order valence-corrected chi connectivity index (χ2v) is 7.04. The highest BCUT2D eigenvalue weighted by atomic mass is 16.5. The number of carbonyl (C=O) groups is 2. The molecule has 0 spiro atoms. The zero-order chi connectivity index (χ0) is 22.2. The minimum atomic E-state index is -0.445. The smallest absolute Gasteiger partial charge is 0.291 e. The molecule has 160 valence electrons. The van der Waals surface area contributed by atoms with Gasteiger partial charge in [-0.2, -0.15) is 0 Å². The van der Waals surface area contributed by atoms with Crippen LogP contribution in [-0.4, -0.2) is 11.8 Å². The highest BCUT2D eigenvalue weighted by Gasteiger charge is 2.16. The molecule has 0 radical (unpaired) electrons. The summed E-state index contributed by atoms with van der Waals surface area (Å²) in [5, 5.41) is 5.63. The number of benzene rings is 3. The van der Waals surface area contributed by atoms with Gasteiger partial charge in [0.05, 0.1) is 11.3 Å². The average molecular weight is 426 g/mol. The van der Waals surface area contributed by atoms with Crippen LogP contribution in [0.3, 0.4) is 0 Å². The molecule has 32 heavy (non-hydrogen) atoms. The van der Waals surface area contributed by atoms with Crippen LogP contribution in [0.2, 0.25) is 0 Å². The van der Waals surface area contributed by atoms with Crippen LogP contribution < -0.4 is 15.4 Å². The topological polar surface area (TPSA) is 80.6 Å². The molecule has 4 rings (SSSR count). The summed E-state index contributed by atoms with van der Waals surface area (Å²) < 4.78 is 11.2. The molecule has 0 aliphatic carbocycles. The number of ether oxygens (including phenoxy) is 1. The molecular weight excluding hydrogens is 404 g/mol. The van der Waals surface area contributed by atoms with E-state index in [1.54, 1.807) is 36.4 Å². The molecule has 1 heterocycles. The van der Waals surface area contributed by atoms with Gasteiger partial charge in [0.1, 0.15) is 18.1 Å². The average Bonchev–Trinajstić information content (AvgIpc) is 3.32. The zero-order valence-electron chi connectivity index (χ0n) is 17.3. The van der Waals surface area contributed by atoms with Crippen LogP contribution >= 0.6 is 0 Å². The number of hydrogen-bond donors (Lipinski definition) is 2. The maximum atomic E-state index is 12.7. The van der Waals surface area contributed by atoms with Crippen LogP contribution in [-0.2, 0) is 13.2 Å². The van der Waals surface area contributed by atoms with Gasteiger partial charge in [0, 0.05) is 6.54 Å². The van der Waals surface area contributed by atoms with Crippen LogP contribution in [0.4, 0.5) is 5.69 Å². The Morgan fingerprint density at radius 1 is 0.750 bits per heavy atom. The van der Waals surface area contributed by atoms with Crippen LogP contribution in [0.15, 0.2) is 101 Å². The molecule has 0 bridgehead atoms. The summed E-state index contributed by atoms with van der Waals surface area (Å²) >= 11 is 0. The first kappa shape index (κ1) is 20.9. The quantitative estimate of drug-likeness (QED) is 0.414. The molecule has 1 aromatic heterocycles. The van der Waals surface area contributed by atoms with Crippen molar-refractivity contribution in [2.75, 3.05) is 5.32 Å². The van der Waals surface area contributed by atoms with Crippen molar-refractivity contribution in [3.63, 3.8) is 0 Å². The molecule has 0 aliphatic heterocycles. The summed E-state index contributed by atoms with van der Waals surface area (Å²) in [7, 11) is 0. The van der Waals surface area contributed by atoms with E-state index >= 15 is 0 Å². The van der Waals surface area contributed by atoms with Gasteiger partial charge in [0.25, 0.3) is 11.8 Å². The SMILES string of the molecule is O=C(Nc1ccccc1C(=O)NCc1ccccc1)c1ccc(COc2ccccc2)o1. The van der Waals surface area contributed by atoms with E-state index in [0.717, 1.165) is 5.56 Å². The molecule has 6 nitrogen and oxygen atoms in total. The first-order chi connectivity index (χ1) is 15.7. The number of amides is 2. The number of carbonyl (C=O) groups excluding carboxylic acids is 2. The Kier molecular flexibility index (Phi) is 6.63. The van der Waals surface area contributed by atoms with Crippen molar-refractivity contribution >= 4 is 17.5 Å². The summed E-state index contributed by atoms with van der Waals surface area (Å²) in [6.07, 6.45) is 0. The monoisotopic (exact) mass is 426 g/mol. The number of anilines is 1. The minimum absolute atomic E-state index is 0.135. The van der Waals surface area contributed by atoms with Crippen LogP contribution in [0.1, 0.15) is 32.2 Å². The van der Waals surface area contributed by atoms with Crippen molar-refractivity contribution in [2.24, 2.45) is 0 Å². The van der Waals surface area contributed by atoms with Crippen molar-refractivity contribution in [3.05, 3.63) is 120 Å². The maximum absolute atomic E-state index is 12.7. The van der Waals surface area contributed by atoms with Gasteiger partial charge in [0.2, 0.25) is 0 Å². The van der Waals surface area contributed by atoms with Crippen molar-refractivity contribution in [3.8, 4) is 5.75 Å². The first-order valence-corrected chi connectivity index (χ1v) is 10.2. The number of nitrogens with one attached hydrogen (secondary N) is 2. The van der Waals surface area contributed by atoms with Gasteiger partial charge in [0.15, 0.2) is 5.76 Å². The molecule has 4 aromatic rings. The predicted molar refractivity (Wildman–Crippen MR) is 121 cm³/mol. The Labute approximate surface area is 185 Å². The van der Waals surface area contributed by atoms with Gasteiger partial charge in [-0.1, -0.05) is 60.7 Å². The zero-order valence-corrected chi connectivity index (χ0v) is 17.3.